The number of hydroxylamine groups is 2. The second-order valence-corrected chi connectivity index (χ2v) is 4.86. The molecule has 0 bridgehead atoms. The number of carbonyl (C=O) groups excluding carboxylic acids is 3. The minimum Gasteiger partial charge on any atom is -0.465 e. The lowest BCUT2D eigenvalue weighted by Gasteiger charge is -2.12. The van der Waals surface area contributed by atoms with Crippen LogP contribution in [0.15, 0.2) is 0 Å². The summed E-state index contributed by atoms with van der Waals surface area (Å²) in [6.45, 7) is 1.77. The molecule has 142 valence electrons. The van der Waals surface area contributed by atoms with Crippen LogP contribution in [0.3, 0.4) is 0 Å². The van der Waals surface area contributed by atoms with Crippen LogP contribution in [-0.4, -0.2) is 80.2 Å². The molecule has 0 unspecified atom stereocenters. The van der Waals surface area contributed by atoms with Crippen LogP contribution in [0.25, 0.3) is 0 Å². The number of rotatable bonds is 13. The SMILES string of the molecule is O=C(O)NCCOCCOCCOCCC(=O)ON1C(=O)CCC1=O. The number of amides is 3. The van der Waals surface area contributed by atoms with Crippen LogP contribution in [0.5, 0.6) is 0 Å². The summed E-state index contributed by atoms with van der Waals surface area (Å²) in [5.74, 6) is -1.75. The molecule has 1 saturated heterocycles. The standard InChI is InChI=1S/C14H22N2O9/c17-11-1-2-12(18)16(11)25-13(19)3-5-22-7-9-24-10-8-23-6-4-15-14(20)21/h15H,1-10H2,(H,20,21). The van der Waals surface area contributed by atoms with Crippen LogP contribution in [0.1, 0.15) is 19.3 Å². The first-order chi connectivity index (χ1) is 12.0. The summed E-state index contributed by atoms with van der Waals surface area (Å²) >= 11 is 0. The van der Waals surface area contributed by atoms with Gasteiger partial charge >= 0.3 is 12.1 Å². The molecule has 0 saturated carbocycles. The first-order valence-corrected chi connectivity index (χ1v) is 7.77. The number of carbonyl (C=O) groups is 4. The number of carboxylic acid groups (broad SMARTS) is 1. The normalized spacial score (nSPS) is 14.0. The Bertz CT molecular complexity index is 453. The molecule has 1 heterocycles. The zero-order chi connectivity index (χ0) is 18.5. The molecule has 11 nitrogen and oxygen atoms in total. The maximum atomic E-state index is 11.5. The molecule has 0 spiro atoms. The summed E-state index contributed by atoms with van der Waals surface area (Å²) in [5.41, 5.74) is 0. The van der Waals surface area contributed by atoms with Crippen LogP contribution < -0.4 is 5.32 Å². The van der Waals surface area contributed by atoms with Crippen molar-refractivity contribution in [3.63, 3.8) is 0 Å². The van der Waals surface area contributed by atoms with Crippen LogP contribution >= 0.6 is 0 Å². The summed E-state index contributed by atoms with van der Waals surface area (Å²) in [6.07, 6.45) is -1.07. The van der Waals surface area contributed by atoms with Gasteiger partial charge in [-0.3, -0.25) is 9.59 Å². The molecule has 0 aromatic rings. The Morgan fingerprint density at radius 1 is 0.920 bits per heavy atom. The quantitative estimate of drug-likeness (QED) is 0.321. The van der Waals surface area contributed by atoms with Gasteiger partial charge in [-0.05, 0) is 0 Å². The zero-order valence-corrected chi connectivity index (χ0v) is 13.7. The van der Waals surface area contributed by atoms with Gasteiger partial charge in [0.25, 0.3) is 11.8 Å². The number of hydrogen-bond acceptors (Lipinski definition) is 8. The molecule has 25 heavy (non-hydrogen) atoms. The monoisotopic (exact) mass is 362 g/mol. The average Bonchev–Trinajstić information content (AvgIpc) is 2.87. The molecule has 0 aromatic carbocycles. The molecule has 1 aliphatic rings. The van der Waals surface area contributed by atoms with Crippen molar-refractivity contribution in [1.82, 2.24) is 10.4 Å². The highest BCUT2D eigenvalue weighted by molar-refractivity contribution is 6.01. The maximum absolute atomic E-state index is 11.5. The Morgan fingerprint density at radius 2 is 1.44 bits per heavy atom. The van der Waals surface area contributed by atoms with Gasteiger partial charge in [-0.15, -0.1) is 5.06 Å². The zero-order valence-electron chi connectivity index (χ0n) is 13.7. The van der Waals surface area contributed by atoms with Gasteiger partial charge < -0.3 is 29.5 Å². The van der Waals surface area contributed by atoms with E-state index in [1.165, 1.54) is 0 Å². The van der Waals surface area contributed by atoms with E-state index in [9.17, 15) is 19.2 Å². The molecule has 1 fully saturated rings. The molecule has 0 radical (unpaired) electrons. The highest BCUT2D eigenvalue weighted by Crippen LogP contribution is 2.12. The number of nitrogens with one attached hydrogen (secondary N) is 1. The molecule has 0 atom stereocenters. The molecule has 1 aliphatic heterocycles. The fourth-order valence-corrected chi connectivity index (χ4v) is 1.73. The third kappa shape index (κ3) is 9.59. The topological polar surface area (TPSA) is 141 Å². The van der Waals surface area contributed by atoms with Crippen molar-refractivity contribution >= 4 is 23.9 Å². The fourth-order valence-electron chi connectivity index (χ4n) is 1.73. The Labute approximate surface area is 144 Å². The highest BCUT2D eigenvalue weighted by atomic mass is 16.7. The average molecular weight is 362 g/mol. The first kappa shape index (κ1) is 20.8. The van der Waals surface area contributed by atoms with Crippen LogP contribution in [-0.2, 0) is 33.4 Å². The van der Waals surface area contributed by atoms with E-state index in [1.807, 2.05) is 0 Å². The van der Waals surface area contributed by atoms with Gasteiger partial charge in [0, 0.05) is 19.4 Å². The predicted octanol–water partition coefficient (Wildman–Crippen LogP) is -0.699. The molecule has 0 aromatic heterocycles. The van der Waals surface area contributed by atoms with E-state index in [-0.39, 0.29) is 45.6 Å². The molecule has 3 amide bonds. The van der Waals surface area contributed by atoms with Gasteiger partial charge in [0.1, 0.15) is 0 Å². The van der Waals surface area contributed by atoms with E-state index >= 15 is 0 Å². The second kappa shape index (κ2) is 12.2. The maximum Gasteiger partial charge on any atom is 0.404 e. The molecule has 11 heteroatoms. The summed E-state index contributed by atoms with van der Waals surface area (Å²) in [6, 6.07) is 0. The van der Waals surface area contributed by atoms with Gasteiger partial charge in [-0.1, -0.05) is 0 Å². The summed E-state index contributed by atoms with van der Waals surface area (Å²) < 4.78 is 15.5. The fraction of sp³-hybridized carbons (Fsp3) is 0.714. The number of nitrogens with zero attached hydrogens (tertiary/aromatic N) is 1. The van der Waals surface area contributed by atoms with E-state index < -0.39 is 23.9 Å². The first-order valence-electron chi connectivity index (χ1n) is 7.77. The summed E-state index contributed by atoms with van der Waals surface area (Å²) in [4.78, 5) is 48.8. The van der Waals surface area contributed by atoms with E-state index in [0.29, 0.717) is 24.9 Å². The van der Waals surface area contributed by atoms with Crippen molar-refractivity contribution in [3.05, 3.63) is 0 Å². The van der Waals surface area contributed by atoms with Gasteiger partial charge in [0.05, 0.1) is 46.1 Å². The van der Waals surface area contributed by atoms with Crippen molar-refractivity contribution < 1.29 is 43.3 Å². The molecular formula is C14H22N2O9. The van der Waals surface area contributed by atoms with E-state index in [1.54, 1.807) is 0 Å². The van der Waals surface area contributed by atoms with Crippen LogP contribution in [0.4, 0.5) is 4.79 Å². The lowest BCUT2D eigenvalue weighted by Crippen LogP contribution is -2.32. The van der Waals surface area contributed by atoms with Crippen molar-refractivity contribution in [2.24, 2.45) is 0 Å². The molecular weight excluding hydrogens is 340 g/mol. The van der Waals surface area contributed by atoms with Gasteiger partial charge in [-0.2, -0.15) is 0 Å². The van der Waals surface area contributed by atoms with Crippen LogP contribution in [0, 0.1) is 0 Å². The van der Waals surface area contributed by atoms with Crippen molar-refractivity contribution in [2.75, 3.05) is 46.2 Å². The highest BCUT2D eigenvalue weighted by Gasteiger charge is 2.32. The minimum absolute atomic E-state index is 0.0553. The Kier molecular flexibility index (Phi) is 10.1. The van der Waals surface area contributed by atoms with E-state index in [4.69, 9.17) is 19.3 Å². The van der Waals surface area contributed by atoms with Crippen molar-refractivity contribution in [3.8, 4) is 0 Å². The largest absolute Gasteiger partial charge is 0.465 e. The lowest BCUT2D eigenvalue weighted by atomic mass is 10.4. The van der Waals surface area contributed by atoms with Crippen LogP contribution in [0.2, 0.25) is 0 Å². The predicted molar refractivity (Wildman–Crippen MR) is 80.3 cm³/mol. The third-order valence-corrected chi connectivity index (χ3v) is 2.92. The number of imide groups is 1. The Hall–Kier alpha value is -2.24. The van der Waals surface area contributed by atoms with E-state index in [0.717, 1.165) is 0 Å². The number of ether oxygens (including phenoxy) is 3. The third-order valence-electron chi connectivity index (χ3n) is 2.92. The van der Waals surface area contributed by atoms with Gasteiger partial charge in [-0.25, -0.2) is 9.59 Å². The molecule has 2 N–H and O–H groups in total. The van der Waals surface area contributed by atoms with Crippen molar-refractivity contribution in [2.45, 2.75) is 19.3 Å². The lowest BCUT2D eigenvalue weighted by molar-refractivity contribution is -0.198. The van der Waals surface area contributed by atoms with Gasteiger partial charge in [0.15, 0.2) is 0 Å². The minimum atomic E-state index is -1.10. The Morgan fingerprint density at radius 3 is 2.00 bits per heavy atom. The number of hydrogen-bond donors (Lipinski definition) is 2. The van der Waals surface area contributed by atoms with E-state index in [2.05, 4.69) is 10.2 Å². The van der Waals surface area contributed by atoms with Gasteiger partial charge in [0.2, 0.25) is 0 Å². The second-order valence-electron chi connectivity index (χ2n) is 4.86. The molecule has 0 aliphatic carbocycles. The molecule has 1 rings (SSSR count). The Balaban J connectivity index is 1.87. The summed E-state index contributed by atoms with van der Waals surface area (Å²) in [7, 11) is 0. The smallest absolute Gasteiger partial charge is 0.404 e. The van der Waals surface area contributed by atoms with Crippen molar-refractivity contribution in [1.29, 1.82) is 0 Å². The summed E-state index contributed by atoms with van der Waals surface area (Å²) in [5, 5.41) is 11.0.